The fourth-order valence-corrected chi connectivity index (χ4v) is 6.58. The number of ether oxygens (including phenoxy) is 7. The summed E-state index contributed by atoms with van der Waals surface area (Å²) in [6.45, 7) is -0.615. The first-order valence-electron chi connectivity index (χ1n) is 16.6. The second kappa shape index (κ2) is 17.9. The normalized spacial score (nSPS) is 47.8. The molecule has 0 aromatic carbocycles. The zero-order valence-electron chi connectivity index (χ0n) is 28.3. The summed E-state index contributed by atoms with van der Waals surface area (Å²) in [5, 5.41) is 148. The fraction of sp³-hybridized carbons (Fsp3) is 0.931. The molecule has 24 heteroatoms. The summed E-state index contributed by atoms with van der Waals surface area (Å²) in [5.41, 5.74) is 0. The number of aliphatic hydroxyl groups excluding tert-OH is 13. The lowest BCUT2D eigenvalue weighted by molar-refractivity contribution is -0.395. The molecule has 4 saturated heterocycles. The van der Waals surface area contributed by atoms with Crippen LogP contribution in [0.15, 0.2) is 0 Å². The molecule has 15 N–H and O–H groups in total. The molecule has 0 aliphatic carbocycles. The molecule has 24 nitrogen and oxygen atoms in total. The van der Waals surface area contributed by atoms with Gasteiger partial charge in [-0.15, -0.1) is 0 Å². The van der Waals surface area contributed by atoms with Crippen LogP contribution in [-0.2, 0) is 42.7 Å². The van der Waals surface area contributed by atoms with E-state index in [0.717, 1.165) is 6.92 Å². The molecule has 0 aromatic rings. The van der Waals surface area contributed by atoms with Crippen molar-refractivity contribution >= 4 is 11.9 Å². The van der Waals surface area contributed by atoms with Gasteiger partial charge in [0.2, 0.25) is 5.91 Å². The van der Waals surface area contributed by atoms with Crippen molar-refractivity contribution < 1.29 is 114 Å². The minimum atomic E-state index is -3.05. The molecule has 0 saturated carbocycles. The number of carboxylic acids is 1. The van der Waals surface area contributed by atoms with Crippen molar-refractivity contribution in [2.45, 2.75) is 149 Å². The van der Waals surface area contributed by atoms with Crippen LogP contribution in [0.2, 0.25) is 0 Å². The van der Waals surface area contributed by atoms with Crippen LogP contribution in [-0.4, -0.2) is 232 Å². The van der Waals surface area contributed by atoms with Gasteiger partial charge in [-0.2, -0.15) is 0 Å². The monoisotopic (exact) mass is 779 g/mol. The first-order chi connectivity index (χ1) is 24.8. The van der Waals surface area contributed by atoms with Crippen molar-refractivity contribution in [3.8, 4) is 0 Å². The minimum absolute atomic E-state index is 0.765. The molecule has 4 aliphatic heterocycles. The Morgan fingerprint density at radius 3 is 1.94 bits per heavy atom. The predicted octanol–water partition coefficient (Wildman–Crippen LogP) is -9.37. The highest BCUT2D eigenvalue weighted by atomic mass is 16.8. The highest BCUT2D eigenvalue weighted by Gasteiger charge is 2.60. The number of carbonyl (C=O) groups is 2. The molecule has 0 spiro atoms. The number of aliphatic hydroxyl groups is 13. The maximum atomic E-state index is 12.8. The standard InChI is InChI=1S/C29H49NO23/c1-7-14(37)23(53-29(28(45)46)3-9(35)13(30-8(2)34)22(52-29)15(38)10(36)4-31)20(43)27(47-7)51-24-19(42)25(44)48-12(6-33)21(24)50-26-18(41)17(40)16(39)11(5-32)49-26/h7,9-27,31-33,35-44H,3-6H2,1-2H3,(H,30,34)(H,45,46)/t7-,9-,10+,11+,12+,13+,14+,15+,16-,17-,18+,19+,20-,21+,22+,23+,24+,25?,26-,27-,29-/m0/s1. The summed E-state index contributed by atoms with van der Waals surface area (Å²) in [7, 11) is 0. The van der Waals surface area contributed by atoms with E-state index in [1.165, 1.54) is 6.92 Å². The van der Waals surface area contributed by atoms with Crippen molar-refractivity contribution in [2.24, 2.45) is 0 Å². The van der Waals surface area contributed by atoms with Crippen LogP contribution in [0.3, 0.4) is 0 Å². The van der Waals surface area contributed by atoms with Gasteiger partial charge in [0.25, 0.3) is 5.79 Å². The number of nitrogens with one attached hydrogen (secondary N) is 1. The molecule has 53 heavy (non-hydrogen) atoms. The fourth-order valence-electron chi connectivity index (χ4n) is 6.58. The van der Waals surface area contributed by atoms with E-state index in [1.807, 2.05) is 0 Å². The zero-order chi connectivity index (χ0) is 39.7. The lowest BCUT2D eigenvalue weighted by Gasteiger charge is -2.51. The quantitative estimate of drug-likeness (QED) is 0.0825. The predicted molar refractivity (Wildman–Crippen MR) is 161 cm³/mol. The molecule has 1 unspecified atom stereocenters. The van der Waals surface area contributed by atoms with Gasteiger partial charge in [0.05, 0.1) is 38.1 Å². The van der Waals surface area contributed by atoms with Crippen molar-refractivity contribution in [1.82, 2.24) is 5.32 Å². The summed E-state index contributed by atoms with van der Waals surface area (Å²) >= 11 is 0. The maximum absolute atomic E-state index is 12.8. The van der Waals surface area contributed by atoms with Crippen molar-refractivity contribution in [1.29, 1.82) is 0 Å². The Morgan fingerprint density at radius 1 is 0.774 bits per heavy atom. The number of carbonyl (C=O) groups excluding carboxylic acids is 1. The van der Waals surface area contributed by atoms with Crippen LogP contribution >= 0.6 is 0 Å². The van der Waals surface area contributed by atoms with E-state index < -0.39 is 166 Å². The van der Waals surface area contributed by atoms with E-state index in [9.17, 15) is 81.1 Å². The Labute approximate surface area is 300 Å². The van der Waals surface area contributed by atoms with Crippen molar-refractivity contribution in [2.75, 3.05) is 19.8 Å². The maximum Gasteiger partial charge on any atom is 0.364 e. The van der Waals surface area contributed by atoms with Gasteiger partial charge in [0.15, 0.2) is 18.9 Å². The summed E-state index contributed by atoms with van der Waals surface area (Å²) in [6.07, 6.45) is -37.2. The molecule has 0 bridgehead atoms. The van der Waals surface area contributed by atoms with Gasteiger partial charge < -0.3 is 110 Å². The summed E-state index contributed by atoms with van der Waals surface area (Å²) < 4.78 is 38.8. The number of aliphatic carboxylic acids is 1. The third kappa shape index (κ3) is 9.08. The van der Waals surface area contributed by atoms with Crippen LogP contribution in [0.25, 0.3) is 0 Å². The lowest BCUT2D eigenvalue weighted by atomic mass is 9.88. The Kier molecular flexibility index (Phi) is 14.9. The number of carboxylic acid groups (broad SMARTS) is 1. The van der Waals surface area contributed by atoms with E-state index in [-0.39, 0.29) is 0 Å². The molecule has 0 radical (unpaired) electrons. The first-order valence-corrected chi connectivity index (χ1v) is 16.6. The van der Waals surface area contributed by atoms with E-state index in [0.29, 0.717) is 0 Å². The minimum Gasteiger partial charge on any atom is -0.477 e. The second-order valence-corrected chi connectivity index (χ2v) is 13.3. The van der Waals surface area contributed by atoms with Gasteiger partial charge in [-0.1, -0.05) is 0 Å². The molecule has 4 heterocycles. The van der Waals surface area contributed by atoms with Crippen LogP contribution in [0.1, 0.15) is 20.3 Å². The van der Waals surface area contributed by atoms with Crippen molar-refractivity contribution in [3.63, 3.8) is 0 Å². The third-order valence-electron chi connectivity index (χ3n) is 9.54. The number of rotatable bonds is 13. The topological polar surface area (TPSA) is 394 Å². The van der Waals surface area contributed by atoms with Crippen LogP contribution in [0.5, 0.6) is 0 Å². The Morgan fingerprint density at radius 2 is 1.38 bits per heavy atom. The average Bonchev–Trinajstić information content (AvgIpc) is 3.11. The van der Waals surface area contributed by atoms with Crippen LogP contribution < -0.4 is 5.32 Å². The van der Waals surface area contributed by atoms with Crippen LogP contribution in [0.4, 0.5) is 0 Å². The summed E-state index contributed by atoms with van der Waals surface area (Å²) in [6, 6.07) is -1.57. The Balaban J connectivity index is 1.64. The Hall–Kier alpha value is -1.86. The molecule has 21 atom stereocenters. The Bertz CT molecular complexity index is 1220. The van der Waals surface area contributed by atoms with E-state index in [4.69, 9.17) is 33.2 Å². The smallest absolute Gasteiger partial charge is 0.364 e. The number of hydrogen-bond acceptors (Lipinski definition) is 22. The van der Waals surface area contributed by atoms with Gasteiger partial charge in [0, 0.05) is 13.3 Å². The van der Waals surface area contributed by atoms with Crippen LogP contribution in [0, 0.1) is 0 Å². The summed E-state index contributed by atoms with van der Waals surface area (Å²) in [4.78, 5) is 24.6. The first kappa shape index (κ1) is 43.9. The highest BCUT2D eigenvalue weighted by molar-refractivity contribution is 5.76. The number of amides is 1. The molecule has 4 rings (SSSR count). The number of hydrogen-bond donors (Lipinski definition) is 15. The molecule has 308 valence electrons. The largest absolute Gasteiger partial charge is 0.477 e. The van der Waals surface area contributed by atoms with Crippen molar-refractivity contribution in [3.05, 3.63) is 0 Å². The lowest BCUT2D eigenvalue weighted by Crippen LogP contribution is -2.70. The van der Waals surface area contributed by atoms with Gasteiger partial charge >= 0.3 is 5.97 Å². The van der Waals surface area contributed by atoms with E-state index in [2.05, 4.69) is 5.32 Å². The van der Waals surface area contributed by atoms with E-state index >= 15 is 0 Å². The van der Waals surface area contributed by atoms with Gasteiger partial charge in [0.1, 0.15) is 85.5 Å². The van der Waals surface area contributed by atoms with Gasteiger partial charge in [-0.05, 0) is 6.92 Å². The summed E-state index contributed by atoms with van der Waals surface area (Å²) in [5.74, 6) is -5.79. The molecular weight excluding hydrogens is 730 g/mol. The molecule has 4 fully saturated rings. The van der Waals surface area contributed by atoms with Gasteiger partial charge in [-0.3, -0.25) is 4.79 Å². The molecule has 1 amide bonds. The zero-order valence-corrected chi connectivity index (χ0v) is 28.3. The highest BCUT2D eigenvalue weighted by Crippen LogP contribution is 2.39. The van der Waals surface area contributed by atoms with E-state index in [1.54, 1.807) is 0 Å². The van der Waals surface area contributed by atoms with Gasteiger partial charge in [-0.25, -0.2) is 4.79 Å². The SMILES string of the molecule is CC(=O)N[C@H]1[C@H]([C@H](O)[C@H](O)CO)O[C@@](O[C@H]2[C@H](O)[C@H](O[C@H]3[C@H](O[C@@H]4O[C@H](CO)[C@H](O)[C@H](O)[C@H]4O)[C@@H](CO)OC(O)[C@@H]3O)O[C@@H](C)[C@H]2O)(C(=O)O)C[C@@H]1O. The molecular formula is C29H49NO23. The third-order valence-corrected chi connectivity index (χ3v) is 9.54. The average molecular weight is 780 g/mol. The second-order valence-electron chi connectivity index (χ2n) is 13.3. The molecule has 0 aromatic heterocycles. The molecule has 4 aliphatic rings.